The first-order chi connectivity index (χ1) is 15.3. The van der Waals surface area contributed by atoms with E-state index in [0.717, 1.165) is 63.4 Å². The van der Waals surface area contributed by atoms with Gasteiger partial charge in [0.15, 0.2) is 0 Å². The van der Waals surface area contributed by atoms with Gasteiger partial charge in [-0.25, -0.2) is 0 Å². The molecule has 2 fully saturated rings. The van der Waals surface area contributed by atoms with Crippen LogP contribution in [0.1, 0.15) is 113 Å². The highest BCUT2D eigenvalue weighted by Gasteiger charge is 2.59. The molecular weight excluding hydrogens is 408 g/mol. The molecular formula is C30H50O3. The lowest BCUT2D eigenvalue weighted by atomic mass is 9.45. The maximum atomic E-state index is 12.6. The van der Waals surface area contributed by atoms with Gasteiger partial charge in [0.05, 0.1) is 12.2 Å². The summed E-state index contributed by atoms with van der Waals surface area (Å²) in [5.41, 5.74) is 2.99. The van der Waals surface area contributed by atoms with Gasteiger partial charge in [-0.1, -0.05) is 55.7 Å². The molecule has 3 nitrogen and oxygen atoms in total. The van der Waals surface area contributed by atoms with E-state index < -0.39 is 5.60 Å². The van der Waals surface area contributed by atoms with E-state index in [1.165, 1.54) is 11.1 Å². The first kappa shape index (κ1) is 28.1. The van der Waals surface area contributed by atoms with Gasteiger partial charge < -0.3 is 10.2 Å². The Labute approximate surface area is 203 Å². The highest BCUT2D eigenvalue weighted by atomic mass is 16.3. The van der Waals surface area contributed by atoms with E-state index in [0.29, 0.717) is 18.1 Å². The van der Waals surface area contributed by atoms with Gasteiger partial charge in [-0.05, 0) is 103 Å². The number of aliphatic hydroxyl groups excluding tert-OH is 1. The van der Waals surface area contributed by atoms with Crippen molar-refractivity contribution < 1.29 is 15.0 Å². The summed E-state index contributed by atoms with van der Waals surface area (Å²) in [6.45, 7) is 15.2. The van der Waals surface area contributed by atoms with Crippen molar-refractivity contribution in [3.8, 4) is 0 Å². The summed E-state index contributed by atoms with van der Waals surface area (Å²) in [6, 6.07) is 0. The van der Waals surface area contributed by atoms with E-state index in [-0.39, 0.29) is 23.4 Å². The van der Waals surface area contributed by atoms with Crippen LogP contribution >= 0.6 is 0 Å². The number of carbonyl (C=O) groups excluding carboxylic acids is 1. The lowest BCUT2D eigenvalue weighted by molar-refractivity contribution is -0.177. The Kier molecular flexibility index (Phi) is 9.77. The molecule has 0 amide bonds. The molecule has 0 bridgehead atoms. The maximum Gasteiger partial charge on any atom is 0.138 e. The summed E-state index contributed by atoms with van der Waals surface area (Å²) in [5.74, 6) is 1.01. The van der Waals surface area contributed by atoms with E-state index in [1.807, 2.05) is 13.8 Å². The van der Waals surface area contributed by atoms with E-state index in [1.54, 1.807) is 0 Å². The summed E-state index contributed by atoms with van der Waals surface area (Å²) in [4.78, 5) is 12.6. The summed E-state index contributed by atoms with van der Waals surface area (Å²) in [5, 5.41) is 20.4. The summed E-state index contributed by atoms with van der Waals surface area (Å²) in [6.07, 6.45) is 16.3. The van der Waals surface area contributed by atoms with Gasteiger partial charge in [0.25, 0.3) is 0 Å². The second kappa shape index (κ2) is 11.5. The smallest absolute Gasteiger partial charge is 0.138 e. The van der Waals surface area contributed by atoms with Gasteiger partial charge in [0.1, 0.15) is 5.78 Å². The first-order valence-electron chi connectivity index (χ1n) is 13.2. The number of hydrogen-bond donors (Lipinski definition) is 2. The topological polar surface area (TPSA) is 57.5 Å². The molecule has 0 aromatic heterocycles. The van der Waals surface area contributed by atoms with Crippen LogP contribution in [0.3, 0.4) is 0 Å². The second-order valence-electron chi connectivity index (χ2n) is 12.1. The Bertz CT molecular complexity index is 767. The molecule has 2 rings (SSSR count). The number of hydrogen-bond acceptors (Lipinski definition) is 3. The highest BCUT2D eigenvalue weighted by molar-refractivity contribution is 5.85. The number of aliphatic hydroxyl groups is 2. The Balaban J connectivity index is 1.93. The zero-order chi connectivity index (χ0) is 24.9. The predicted molar refractivity (Wildman–Crippen MR) is 139 cm³/mol. The molecule has 188 valence electrons. The van der Waals surface area contributed by atoms with Gasteiger partial charge in [0, 0.05) is 11.8 Å². The number of carbonyl (C=O) groups is 1. The fraction of sp³-hybridized carbons (Fsp3) is 0.767. The van der Waals surface area contributed by atoms with Crippen molar-refractivity contribution >= 4 is 5.78 Å². The Morgan fingerprint density at radius 1 is 0.909 bits per heavy atom. The number of ketones is 1. The van der Waals surface area contributed by atoms with E-state index in [9.17, 15) is 9.90 Å². The van der Waals surface area contributed by atoms with Crippen molar-refractivity contribution in [3.63, 3.8) is 0 Å². The molecule has 2 aliphatic carbocycles. The van der Waals surface area contributed by atoms with Crippen molar-refractivity contribution in [1.82, 2.24) is 0 Å². The quantitative estimate of drug-likeness (QED) is 0.337. The van der Waals surface area contributed by atoms with Gasteiger partial charge >= 0.3 is 0 Å². The molecule has 0 aromatic carbocycles. The molecule has 0 spiro atoms. The van der Waals surface area contributed by atoms with Crippen LogP contribution in [0, 0.1) is 22.7 Å². The molecule has 0 aliphatic heterocycles. The van der Waals surface area contributed by atoms with Crippen LogP contribution in [0.2, 0.25) is 0 Å². The highest BCUT2D eigenvalue weighted by Crippen LogP contribution is 2.62. The van der Waals surface area contributed by atoms with Gasteiger partial charge in [0.2, 0.25) is 0 Å². The Morgan fingerprint density at radius 2 is 1.45 bits per heavy atom. The lowest BCUT2D eigenvalue weighted by Crippen LogP contribution is -2.59. The summed E-state index contributed by atoms with van der Waals surface area (Å²) in [7, 11) is 0. The average Bonchev–Trinajstić information content (AvgIpc) is 2.72. The van der Waals surface area contributed by atoms with Crippen LogP contribution in [-0.4, -0.2) is 28.2 Å². The third-order valence-electron chi connectivity index (χ3n) is 9.02. The molecule has 0 aromatic rings. The monoisotopic (exact) mass is 458 g/mol. The standard InChI is InChI=1S/C30H50O3/c1-22(13-9-15-24(3)21-31)11-8-12-23(2)14-10-16-26-29(6)19-18-27(32)28(4,5)25(29)17-20-30(26,7)33/h11,14-15,25-26,31,33H,8-10,12-13,16-21H2,1-7H3/b22-11+,23-14+,24-15+/t25-,26+,29-,30-/m0/s1. The van der Waals surface area contributed by atoms with E-state index >= 15 is 0 Å². The summed E-state index contributed by atoms with van der Waals surface area (Å²) >= 11 is 0. The van der Waals surface area contributed by atoms with Crippen molar-refractivity contribution in [2.75, 3.05) is 6.61 Å². The van der Waals surface area contributed by atoms with Crippen LogP contribution in [-0.2, 0) is 4.79 Å². The van der Waals surface area contributed by atoms with Crippen molar-refractivity contribution in [2.45, 2.75) is 118 Å². The minimum Gasteiger partial charge on any atom is -0.392 e. The lowest BCUT2D eigenvalue weighted by Gasteiger charge is -2.60. The van der Waals surface area contributed by atoms with Gasteiger partial charge in [-0.15, -0.1) is 0 Å². The zero-order valence-electron chi connectivity index (χ0n) is 22.5. The molecule has 0 radical (unpaired) electrons. The van der Waals surface area contributed by atoms with Crippen molar-refractivity contribution in [1.29, 1.82) is 0 Å². The molecule has 2 saturated carbocycles. The molecule has 2 aliphatic rings. The third-order valence-corrected chi connectivity index (χ3v) is 9.02. The van der Waals surface area contributed by atoms with Crippen LogP contribution in [0.4, 0.5) is 0 Å². The molecule has 3 heteroatoms. The van der Waals surface area contributed by atoms with Gasteiger partial charge in [-0.3, -0.25) is 4.79 Å². The molecule has 0 heterocycles. The van der Waals surface area contributed by atoms with E-state index in [2.05, 4.69) is 52.8 Å². The fourth-order valence-electron chi connectivity index (χ4n) is 6.82. The number of rotatable bonds is 10. The molecule has 2 N–H and O–H groups in total. The Morgan fingerprint density at radius 3 is 2.03 bits per heavy atom. The summed E-state index contributed by atoms with van der Waals surface area (Å²) < 4.78 is 0. The number of allylic oxidation sites excluding steroid dienone is 5. The van der Waals surface area contributed by atoms with Crippen LogP contribution in [0.25, 0.3) is 0 Å². The third kappa shape index (κ3) is 6.92. The second-order valence-corrected chi connectivity index (χ2v) is 12.1. The van der Waals surface area contributed by atoms with Crippen molar-refractivity contribution in [2.24, 2.45) is 22.7 Å². The number of fused-ring (bicyclic) bond motifs is 1. The fourth-order valence-corrected chi connectivity index (χ4v) is 6.82. The molecule has 0 unspecified atom stereocenters. The normalized spacial score (nSPS) is 33.2. The minimum absolute atomic E-state index is 0.0313. The van der Waals surface area contributed by atoms with Crippen molar-refractivity contribution in [3.05, 3.63) is 34.9 Å². The predicted octanol–water partition coefficient (Wildman–Crippen LogP) is 7.33. The minimum atomic E-state index is -0.647. The van der Waals surface area contributed by atoms with Crippen LogP contribution in [0.5, 0.6) is 0 Å². The number of Topliss-reactive ketones (excluding diaryl/α,β-unsaturated/α-hetero) is 1. The zero-order valence-corrected chi connectivity index (χ0v) is 22.5. The Hall–Kier alpha value is -1.19. The van der Waals surface area contributed by atoms with Crippen LogP contribution in [0.15, 0.2) is 34.9 Å². The van der Waals surface area contributed by atoms with E-state index in [4.69, 9.17) is 5.11 Å². The molecule has 0 saturated heterocycles. The maximum absolute atomic E-state index is 12.6. The van der Waals surface area contributed by atoms with Gasteiger partial charge in [-0.2, -0.15) is 0 Å². The SMILES string of the molecule is C/C(=C\CC/C(C)=C/CC/C(C)=C/CC[C@@H]1[C@@]2(C)CCC(=O)C(C)(C)[C@@H]2CC[C@]1(C)O)CO. The molecule has 4 atom stereocenters. The van der Waals surface area contributed by atoms with Crippen LogP contribution < -0.4 is 0 Å². The first-order valence-corrected chi connectivity index (χ1v) is 13.2. The largest absolute Gasteiger partial charge is 0.392 e. The molecule has 33 heavy (non-hydrogen) atoms. The average molecular weight is 459 g/mol.